The van der Waals surface area contributed by atoms with E-state index in [-0.39, 0.29) is 24.8 Å². The number of rotatable bonds is 5. The van der Waals surface area contributed by atoms with Crippen LogP contribution in [0.5, 0.6) is 0 Å². The first-order chi connectivity index (χ1) is 14.4. The fourth-order valence-electron chi connectivity index (χ4n) is 4.55. The highest BCUT2D eigenvalue weighted by molar-refractivity contribution is 6.25. The fourth-order valence-corrected chi connectivity index (χ4v) is 4.55. The number of anilines is 1. The Kier molecular flexibility index (Phi) is 5.27. The SMILES string of the molecule is O=C(O)CCC1CCN(c2cccc3c2C(=O)N(C2CCC(=O)NC2=O)C3=O)CC1. The number of nitrogens with zero attached hydrogens (tertiary/aromatic N) is 2. The molecule has 3 aliphatic heterocycles. The molecule has 2 saturated heterocycles. The maximum Gasteiger partial charge on any atom is 0.303 e. The molecular weight excluding hydrogens is 390 g/mol. The molecule has 2 fully saturated rings. The minimum absolute atomic E-state index is 0.0839. The zero-order chi connectivity index (χ0) is 21.4. The van der Waals surface area contributed by atoms with E-state index in [4.69, 9.17) is 5.11 Å². The Balaban J connectivity index is 1.53. The first-order valence-electron chi connectivity index (χ1n) is 10.2. The largest absolute Gasteiger partial charge is 0.481 e. The van der Waals surface area contributed by atoms with Gasteiger partial charge in [-0.05, 0) is 43.7 Å². The summed E-state index contributed by atoms with van der Waals surface area (Å²) in [5.41, 5.74) is 1.24. The summed E-state index contributed by atoms with van der Waals surface area (Å²) in [7, 11) is 0. The second-order valence-corrected chi connectivity index (χ2v) is 8.01. The zero-order valence-electron chi connectivity index (χ0n) is 16.4. The lowest BCUT2D eigenvalue weighted by molar-refractivity contribution is -0.138. The number of carboxylic acid groups (broad SMARTS) is 1. The van der Waals surface area contributed by atoms with Gasteiger partial charge in [-0.15, -0.1) is 0 Å². The number of fused-ring (bicyclic) bond motifs is 1. The molecule has 158 valence electrons. The molecule has 9 heteroatoms. The highest BCUT2D eigenvalue weighted by Crippen LogP contribution is 2.36. The minimum atomic E-state index is -0.982. The number of carboxylic acids is 1. The first-order valence-corrected chi connectivity index (χ1v) is 10.2. The van der Waals surface area contributed by atoms with Gasteiger partial charge < -0.3 is 10.0 Å². The molecule has 1 aromatic carbocycles. The molecule has 0 aliphatic carbocycles. The van der Waals surface area contributed by atoms with Crippen molar-refractivity contribution in [2.75, 3.05) is 18.0 Å². The second-order valence-electron chi connectivity index (χ2n) is 8.01. The van der Waals surface area contributed by atoms with E-state index in [9.17, 15) is 24.0 Å². The highest BCUT2D eigenvalue weighted by Gasteiger charge is 2.46. The monoisotopic (exact) mass is 413 g/mol. The van der Waals surface area contributed by atoms with Crippen molar-refractivity contribution < 1.29 is 29.1 Å². The maximum atomic E-state index is 13.2. The van der Waals surface area contributed by atoms with Crippen molar-refractivity contribution in [1.82, 2.24) is 10.2 Å². The van der Waals surface area contributed by atoms with Crippen LogP contribution < -0.4 is 10.2 Å². The summed E-state index contributed by atoms with van der Waals surface area (Å²) in [6, 6.07) is 4.13. The van der Waals surface area contributed by atoms with Crippen molar-refractivity contribution in [3.05, 3.63) is 29.3 Å². The predicted octanol–water partition coefficient (Wildman–Crippen LogP) is 1.17. The number of hydrogen-bond acceptors (Lipinski definition) is 6. The standard InChI is InChI=1S/C21H23N3O6/c25-16-6-5-15(19(28)22-16)24-20(29)13-2-1-3-14(18(13)21(24)30)23-10-8-12(9-11-23)4-7-17(26)27/h1-3,12,15H,4-11H2,(H,26,27)(H,22,25,28). The van der Waals surface area contributed by atoms with Crippen molar-refractivity contribution in [2.24, 2.45) is 5.92 Å². The van der Waals surface area contributed by atoms with Gasteiger partial charge in [0.1, 0.15) is 6.04 Å². The topological polar surface area (TPSA) is 124 Å². The quantitative estimate of drug-likeness (QED) is 0.694. The van der Waals surface area contributed by atoms with Gasteiger partial charge in [-0.2, -0.15) is 0 Å². The van der Waals surface area contributed by atoms with Crippen LogP contribution in [0.25, 0.3) is 0 Å². The Labute approximate surface area is 173 Å². The predicted molar refractivity (Wildman–Crippen MR) is 105 cm³/mol. The number of carbonyl (C=O) groups excluding carboxylic acids is 4. The van der Waals surface area contributed by atoms with Crippen molar-refractivity contribution in [3.63, 3.8) is 0 Å². The van der Waals surface area contributed by atoms with E-state index in [1.807, 2.05) is 0 Å². The third-order valence-corrected chi connectivity index (χ3v) is 6.17. The average Bonchev–Trinajstić information content (AvgIpc) is 2.98. The summed E-state index contributed by atoms with van der Waals surface area (Å²) < 4.78 is 0. The van der Waals surface area contributed by atoms with E-state index < -0.39 is 35.6 Å². The molecule has 2 N–H and O–H groups in total. The van der Waals surface area contributed by atoms with Crippen LogP contribution in [-0.2, 0) is 14.4 Å². The Bertz CT molecular complexity index is 935. The summed E-state index contributed by atoms with van der Waals surface area (Å²) >= 11 is 0. The normalized spacial score (nSPS) is 22.3. The lowest BCUT2D eigenvalue weighted by atomic mass is 9.91. The lowest BCUT2D eigenvalue weighted by Gasteiger charge is -2.34. The number of piperidine rings is 2. The first kappa shape index (κ1) is 20.1. The molecule has 0 radical (unpaired) electrons. The van der Waals surface area contributed by atoms with Crippen LogP contribution in [0.4, 0.5) is 5.69 Å². The van der Waals surface area contributed by atoms with E-state index in [2.05, 4.69) is 10.2 Å². The highest BCUT2D eigenvalue weighted by atomic mass is 16.4. The van der Waals surface area contributed by atoms with Crippen LogP contribution in [-0.4, -0.2) is 58.7 Å². The molecule has 1 aromatic rings. The van der Waals surface area contributed by atoms with Crippen LogP contribution in [0, 0.1) is 5.92 Å². The van der Waals surface area contributed by atoms with Crippen LogP contribution in [0.1, 0.15) is 59.2 Å². The van der Waals surface area contributed by atoms with E-state index in [0.717, 1.165) is 17.7 Å². The van der Waals surface area contributed by atoms with Crippen LogP contribution in [0.2, 0.25) is 0 Å². The molecule has 4 amide bonds. The Morgan fingerprint density at radius 1 is 1.07 bits per heavy atom. The van der Waals surface area contributed by atoms with Crippen molar-refractivity contribution in [1.29, 1.82) is 0 Å². The summed E-state index contributed by atoms with van der Waals surface area (Å²) in [4.78, 5) is 63.6. The summed E-state index contributed by atoms with van der Waals surface area (Å²) in [6.07, 6.45) is 2.63. The molecule has 3 heterocycles. The van der Waals surface area contributed by atoms with E-state index in [1.54, 1.807) is 18.2 Å². The van der Waals surface area contributed by atoms with Gasteiger partial charge in [0.25, 0.3) is 11.8 Å². The summed E-state index contributed by atoms with van der Waals surface area (Å²) in [6.45, 7) is 1.33. The fraction of sp³-hybridized carbons (Fsp3) is 0.476. The summed E-state index contributed by atoms with van der Waals surface area (Å²) in [5.74, 6) is -2.51. The molecule has 1 atom stereocenters. The lowest BCUT2D eigenvalue weighted by Crippen LogP contribution is -2.54. The zero-order valence-corrected chi connectivity index (χ0v) is 16.4. The Hall–Kier alpha value is -3.23. The van der Waals surface area contributed by atoms with Gasteiger partial charge in [0.05, 0.1) is 16.8 Å². The average molecular weight is 413 g/mol. The van der Waals surface area contributed by atoms with Crippen LogP contribution in [0.3, 0.4) is 0 Å². The number of imide groups is 2. The Morgan fingerprint density at radius 2 is 1.80 bits per heavy atom. The number of aliphatic carboxylic acids is 1. The van der Waals surface area contributed by atoms with Gasteiger partial charge in [0, 0.05) is 25.9 Å². The number of benzene rings is 1. The van der Waals surface area contributed by atoms with Gasteiger partial charge in [0.15, 0.2) is 0 Å². The molecule has 0 saturated carbocycles. The van der Waals surface area contributed by atoms with Gasteiger partial charge in [0.2, 0.25) is 11.8 Å². The molecule has 0 spiro atoms. The Morgan fingerprint density at radius 3 is 2.47 bits per heavy atom. The van der Waals surface area contributed by atoms with Crippen molar-refractivity contribution in [3.8, 4) is 0 Å². The van der Waals surface area contributed by atoms with Crippen LogP contribution >= 0.6 is 0 Å². The molecule has 30 heavy (non-hydrogen) atoms. The molecule has 4 rings (SSSR count). The number of carbonyl (C=O) groups is 5. The van der Waals surface area contributed by atoms with E-state index in [0.29, 0.717) is 36.7 Å². The molecular formula is C21H23N3O6. The van der Waals surface area contributed by atoms with Gasteiger partial charge in [-0.25, -0.2) is 0 Å². The number of hydrogen-bond donors (Lipinski definition) is 2. The third kappa shape index (κ3) is 3.55. The van der Waals surface area contributed by atoms with Crippen LogP contribution in [0.15, 0.2) is 18.2 Å². The molecule has 0 bridgehead atoms. The minimum Gasteiger partial charge on any atom is -0.481 e. The third-order valence-electron chi connectivity index (χ3n) is 6.17. The van der Waals surface area contributed by atoms with E-state index in [1.165, 1.54) is 0 Å². The van der Waals surface area contributed by atoms with Gasteiger partial charge >= 0.3 is 5.97 Å². The maximum absolute atomic E-state index is 13.2. The van der Waals surface area contributed by atoms with Crippen molar-refractivity contribution in [2.45, 2.75) is 44.6 Å². The smallest absolute Gasteiger partial charge is 0.303 e. The van der Waals surface area contributed by atoms with Crippen molar-refractivity contribution >= 4 is 35.3 Å². The van der Waals surface area contributed by atoms with Gasteiger partial charge in [-0.3, -0.25) is 34.2 Å². The number of nitrogens with one attached hydrogen (secondary N) is 1. The number of amides is 4. The van der Waals surface area contributed by atoms with E-state index >= 15 is 0 Å². The van der Waals surface area contributed by atoms with Gasteiger partial charge in [-0.1, -0.05) is 6.07 Å². The molecule has 0 aromatic heterocycles. The summed E-state index contributed by atoms with van der Waals surface area (Å²) in [5, 5.41) is 11.1. The molecule has 9 nitrogen and oxygen atoms in total. The second kappa shape index (κ2) is 7.89. The molecule has 3 aliphatic rings. The molecule has 1 unspecified atom stereocenters.